The van der Waals surface area contributed by atoms with Crippen LogP contribution >= 0.6 is 11.6 Å². The van der Waals surface area contributed by atoms with Crippen molar-refractivity contribution in [1.29, 1.82) is 0 Å². The van der Waals surface area contributed by atoms with Crippen LogP contribution in [0, 0.1) is 6.92 Å². The van der Waals surface area contributed by atoms with Crippen molar-refractivity contribution >= 4 is 11.6 Å². The molecule has 2 atom stereocenters. The number of methoxy groups -OCH3 is 1. The first-order valence-corrected chi connectivity index (χ1v) is 5.56. The number of hydrogen-bond donors (Lipinski definition) is 2. The minimum absolute atomic E-state index is 0.306. The zero-order chi connectivity index (χ0) is 12.1. The highest BCUT2D eigenvalue weighted by Crippen LogP contribution is 2.24. The Morgan fingerprint density at radius 1 is 1.50 bits per heavy atom. The molecule has 1 aromatic heterocycles. The Bertz CT molecular complexity index is 346. The van der Waals surface area contributed by atoms with Gasteiger partial charge >= 0.3 is 0 Å². The van der Waals surface area contributed by atoms with Gasteiger partial charge in [0.15, 0.2) is 0 Å². The Kier molecular flexibility index (Phi) is 4.99. The Morgan fingerprint density at radius 3 is 2.69 bits per heavy atom. The predicted molar refractivity (Wildman–Crippen MR) is 61.8 cm³/mol. The molecular weight excluding hydrogens is 230 g/mol. The molecule has 2 N–H and O–H groups in total. The Balaban J connectivity index is 2.87. The number of rotatable bonds is 5. The summed E-state index contributed by atoms with van der Waals surface area (Å²) in [5.74, 6) is 0.793. The second kappa shape index (κ2) is 6.03. The lowest BCUT2D eigenvalue weighted by Crippen LogP contribution is -2.19. The second-order valence-electron chi connectivity index (χ2n) is 3.57. The normalized spacial score (nSPS) is 14.6. The van der Waals surface area contributed by atoms with Gasteiger partial charge in [-0.25, -0.2) is 4.98 Å². The zero-order valence-corrected chi connectivity index (χ0v) is 10.1. The van der Waals surface area contributed by atoms with E-state index in [0.717, 1.165) is 5.56 Å². The second-order valence-corrected chi connectivity index (χ2v) is 3.95. The smallest absolute Gasteiger partial charge is 0.213 e. The van der Waals surface area contributed by atoms with E-state index in [-0.39, 0.29) is 0 Å². The van der Waals surface area contributed by atoms with Crippen molar-refractivity contribution in [3.05, 3.63) is 23.4 Å². The van der Waals surface area contributed by atoms with E-state index in [4.69, 9.17) is 16.3 Å². The number of nitrogens with zero attached hydrogens (tertiary/aromatic N) is 1. The molecule has 0 radical (unpaired) electrons. The topological polar surface area (TPSA) is 62.6 Å². The Hall–Kier alpha value is -0.840. The molecule has 0 saturated heterocycles. The lowest BCUT2D eigenvalue weighted by molar-refractivity contribution is 0.0164. The minimum atomic E-state index is -0.961. The molecule has 0 aliphatic heterocycles. The number of pyridine rings is 1. The van der Waals surface area contributed by atoms with Gasteiger partial charge in [0.1, 0.15) is 6.10 Å². The van der Waals surface area contributed by atoms with Crippen molar-refractivity contribution in [3.8, 4) is 5.88 Å². The summed E-state index contributed by atoms with van der Waals surface area (Å²) >= 11 is 5.51. The fourth-order valence-corrected chi connectivity index (χ4v) is 1.66. The summed E-state index contributed by atoms with van der Waals surface area (Å²) in [7, 11) is 1.53. The van der Waals surface area contributed by atoms with E-state index in [9.17, 15) is 10.2 Å². The Morgan fingerprint density at radius 2 is 2.19 bits per heavy atom. The van der Waals surface area contributed by atoms with Gasteiger partial charge in [0.2, 0.25) is 5.88 Å². The molecule has 0 amide bonds. The maximum atomic E-state index is 9.88. The van der Waals surface area contributed by atoms with Crippen molar-refractivity contribution in [3.63, 3.8) is 0 Å². The molecule has 90 valence electrons. The summed E-state index contributed by atoms with van der Waals surface area (Å²) in [6.07, 6.45) is 0.0216. The van der Waals surface area contributed by atoms with Crippen LogP contribution in [0.2, 0.25) is 0 Å². The van der Waals surface area contributed by atoms with Crippen LogP contribution in [0.15, 0.2) is 12.3 Å². The molecule has 0 saturated carbocycles. The first-order valence-electron chi connectivity index (χ1n) is 5.02. The quantitative estimate of drug-likeness (QED) is 0.771. The standard InChI is InChI=1S/C11H16ClNO3/c1-7-5-10(16-2)13-6-8(7)11(15)9(14)3-4-12/h5-6,9,11,14-15H,3-4H2,1-2H3. The van der Waals surface area contributed by atoms with Gasteiger partial charge in [-0.3, -0.25) is 0 Å². The average molecular weight is 246 g/mol. The van der Waals surface area contributed by atoms with Gasteiger partial charge in [0.05, 0.1) is 13.2 Å². The summed E-state index contributed by atoms with van der Waals surface area (Å²) in [5, 5.41) is 19.5. The molecular formula is C11H16ClNO3. The number of ether oxygens (including phenoxy) is 1. The third kappa shape index (κ3) is 3.07. The van der Waals surface area contributed by atoms with Crippen LogP contribution in [0.4, 0.5) is 0 Å². The third-order valence-corrected chi connectivity index (χ3v) is 2.64. The van der Waals surface area contributed by atoms with Crippen molar-refractivity contribution in [1.82, 2.24) is 4.98 Å². The van der Waals surface area contributed by atoms with E-state index >= 15 is 0 Å². The molecule has 5 heteroatoms. The number of alkyl halides is 1. The van der Waals surface area contributed by atoms with Crippen molar-refractivity contribution in [2.24, 2.45) is 0 Å². The summed E-state index contributed by atoms with van der Waals surface area (Å²) in [6.45, 7) is 1.83. The summed E-state index contributed by atoms with van der Waals surface area (Å²) in [6, 6.07) is 1.71. The molecule has 0 fully saturated rings. The largest absolute Gasteiger partial charge is 0.481 e. The number of aryl methyl sites for hydroxylation is 1. The van der Waals surface area contributed by atoms with Gasteiger partial charge in [-0.15, -0.1) is 11.6 Å². The zero-order valence-electron chi connectivity index (χ0n) is 9.35. The van der Waals surface area contributed by atoms with E-state index in [0.29, 0.717) is 23.7 Å². The first-order chi connectivity index (χ1) is 7.60. The highest BCUT2D eigenvalue weighted by Gasteiger charge is 2.20. The number of aliphatic hydroxyl groups excluding tert-OH is 2. The first kappa shape index (κ1) is 13.2. The van der Waals surface area contributed by atoms with Crippen LogP contribution in [0.25, 0.3) is 0 Å². The maximum absolute atomic E-state index is 9.88. The van der Waals surface area contributed by atoms with Crippen molar-refractivity contribution in [2.75, 3.05) is 13.0 Å². The predicted octanol–water partition coefficient (Wildman–Crippen LogP) is 1.42. The molecule has 4 nitrogen and oxygen atoms in total. The average Bonchev–Trinajstić information content (AvgIpc) is 2.28. The van der Waals surface area contributed by atoms with E-state index in [1.165, 1.54) is 13.3 Å². The van der Waals surface area contributed by atoms with E-state index in [1.807, 2.05) is 6.92 Å². The molecule has 1 heterocycles. The monoisotopic (exact) mass is 245 g/mol. The van der Waals surface area contributed by atoms with Gasteiger partial charge in [-0.1, -0.05) is 0 Å². The molecule has 1 aromatic rings. The van der Waals surface area contributed by atoms with E-state index < -0.39 is 12.2 Å². The molecule has 0 aliphatic rings. The van der Waals surface area contributed by atoms with Crippen LogP contribution < -0.4 is 4.74 Å². The van der Waals surface area contributed by atoms with Crippen molar-refractivity contribution < 1.29 is 14.9 Å². The van der Waals surface area contributed by atoms with Gasteiger partial charge in [-0.2, -0.15) is 0 Å². The van der Waals surface area contributed by atoms with E-state index in [1.54, 1.807) is 6.07 Å². The van der Waals surface area contributed by atoms with Crippen molar-refractivity contribution in [2.45, 2.75) is 25.6 Å². The van der Waals surface area contributed by atoms with Gasteiger partial charge in [-0.05, 0) is 18.9 Å². The number of aliphatic hydroxyl groups is 2. The van der Waals surface area contributed by atoms with Gasteiger partial charge in [0.25, 0.3) is 0 Å². The molecule has 0 aromatic carbocycles. The van der Waals surface area contributed by atoms with Crippen LogP contribution in [-0.4, -0.2) is 34.3 Å². The minimum Gasteiger partial charge on any atom is -0.481 e. The van der Waals surface area contributed by atoms with E-state index in [2.05, 4.69) is 4.98 Å². The maximum Gasteiger partial charge on any atom is 0.213 e. The summed E-state index contributed by atoms with van der Waals surface area (Å²) in [5.41, 5.74) is 1.42. The summed E-state index contributed by atoms with van der Waals surface area (Å²) in [4.78, 5) is 4.00. The lowest BCUT2D eigenvalue weighted by Gasteiger charge is -2.18. The van der Waals surface area contributed by atoms with Gasteiger partial charge in [0, 0.05) is 23.7 Å². The number of halogens is 1. The number of aromatic nitrogens is 1. The fraction of sp³-hybridized carbons (Fsp3) is 0.545. The number of hydrogen-bond acceptors (Lipinski definition) is 4. The fourth-order valence-electron chi connectivity index (χ4n) is 1.44. The third-order valence-electron chi connectivity index (χ3n) is 2.42. The highest BCUT2D eigenvalue weighted by molar-refractivity contribution is 6.17. The summed E-state index contributed by atoms with van der Waals surface area (Å²) < 4.78 is 4.96. The molecule has 0 aliphatic carbocycles. The lowest BCUT2D eigenvalue weighted by atomic mass is 10.0. The van der Waals surface area contributed by atoms with Crippen LogP contribution in [-0.2, 0) is 0 Å². The molecule has 0 bridgehead atoms. The Labute approximate surface area is 99.8 Å². The SMILES string of the molecule is COc1cc(C)c(C(O)C(O)CCCl)cn1. The molecule has 0 spiro atoms. The molecule has 1 rings (SSSR count). The highest BCUT2D eigenvalue weighted by atomic mass is 35.5. The van der Waals surface area contributed by atoms with Crippen LogP contribution in [0.1, 0.15) is 23.7 Å². The van der Waals surface area contributed by atoms with Crippen LogP contribution in [0.3, 0.4) is 0 Å². The molecule has 16 heavy (non-hydrogen) atoms. The van der Waals surface area contributed by atoms with Gasteiger partial charge < -0.3 is 14.9 Å². The molecule has 2 unspecified atom stereocenters. The van der Waals surface area contributed by atoms with Crippen LogP contribution in [0.5, 0.6) is 5.88 Å².